The molecule has 0 radical (unpaired) electrons. The Bertz CT molecular complexity index is 282. The van der Waals surface area contributed by atoms with Crippen molar-refractivity contribution in [3.63, 3.8) is 0 Å². The van der Waals surface area contributed by atoms with E-state index >= 15 is 0 Å². The van der Waals surface area contributed by atoms with Crippen molar-refractivity contribution < 1.29 is 0 Å². The van der Waals surface area contributed by atoms with Crippen molar-refractivity contribution in [2.45, 2.75) is 12.8 Å². The smallest absolute Gasteiger partial charge is 0.0629 e. The van der Waals surface area contributed by atoms with E-state index in [0.29, 0.717) is 0 Å². The number of hydrogen-bond donors (Lipinski definition) is 1. The molecule has 1 aliphatic heterocycles. The predicted octanol–water partition coefficient (Wildman–Crippen LogP) is 1.85. The molecule has 1 fully saturated rings. The molecule has 1 aromatic rings. The minimum atomic E-state index is 1.02. The van der Waals surface area contributed by atoms with Crippen LogP contribution in [0, 0.1) is 0 Å². The number of rotatable bonds is 1. The highest BCUT2D eigenvalue weighted by Gasteiger charge is 2.03. The average molecular weight is 174 g/mol. The van der Waals surface area contributed by atoms with Crippen LogP contribution in [0.15, 0.2) is 30.0 Å². The van der Waals surface area contributed by atoms with Crippen molar-refractivity contribution >= 4 is 6.08 Å². The normalized spacial score (nSPS) is 20.5. The van der Waals surface area contributed by atoms with E-state index in [0.717, 1.165) is 18.8 Å². The van der Waals surface area contributed by atoms with Crippen LogP contribution < -0.4 is 5.32 Å². The molecule has 0 aromatic carbocycles. The number of pyridine rings is 1. The van der Waals surface area contributed by atoms with Crippen LogP contribution in [0.2, 0.25) is 0 Å². The van der Waals surface area contributed by atoms with Crippen LogP contribution in [0.5, 0.6) is 0 Å². The summed E-state index contributed by atoms with van der Waals surface area (Å²) in [6.45, 7) is 2.18. The summed E-state index contributed by atoms with van der Waals surface area (Å²) < 4.78 is 0. The summed E-state index contributed by atoms with van der Waals surface area (Å²) in [7, 11) is 0. The van der Waals surface area contributed by atoms with Gasteiger partial charge in [0, 0.05) is 12.7 Å². The summed E-state index contributed by atoms with van der Waals surface area (Å²) in [5, 5.41) is 3.36. The topological polar surface area (TPSA) is 24.9 Å². The molecular formula is C11H14N2. The highest BCUT2D eigenvalue weighted by molar-refractivity contribution is 5.49. The van der Waals surface area contributed by atoms with Crippen LogP contribution in [0.3, 0.4) is 0 Å². The van der Waals surface area contributed by atoms with Crippen LogP contribution in [-0.4, -0.2) is 18.1 Å². The van der Waals surface area contributed by atoms with Gasteiger partial charge >= 0.3 is 0 Å². The first-order chi connectivity index (χ1) is 6.45. The van der Waals surface area contributed by atoms with Gasteiger partial charge in [0.2, 0.25) is 0 Å². The fourth-order valence-electron chi connectivity index (χ4n) is 1.57. The van der Waals surface area contributed by atoms with Crippen molar-refractivity contribution in [2.75, 3.05) is 13.1 Å². The van der Waals surface area contributed by atoms with E-state index in [-0.39, 0.29) is 0 Å². The molecule has 0 atom stereocenters. The van der Waals surface area contributed by atoms with Crippen molar-refractivity contribution in [3.8, 4) is 0 Å². The van der Waals surface area contributed by atoms with Gasteiger partial charge in [-0.3, -0.25) is 4.98 Å². The lowest BCUT2D eigenvalue weighted by atomic mass is 10.1. The lowest BCUT2D eigenvalue weighted by Crippen LogP contribution is -2.23. The molecule has 2 nitrogen and oxygen atoms in total. The summed E-state index contributed by atoms with van der Waals surface area (Å²) in [6.07, 6.45) is 6.48. The van der Waals surface area contributed by atoms with Crippen LogP contribution in [0.4, 0.5) is 0 Å². The van der Waals surface area contributed by atoms with Crippen molar-refractivity contribution in [1.82, 2.24) is 10.3 Å². The van der Waals surface area contributed by atoms with Gasteiger partial charge in [-0.2, -0.15) is 0 Å². The maximum Gasteiger partial charge on any atom is 0.0629 e. The van der Waals surface area contributed by atoms with E-state index in [1.54, 1.807) is 0 Å². The van der Waals surface area contributed by atoms with Crippen LogP contribution in [-0.2, 0) is 0 Å². The Morgan fingerprint density at radius 3 is 3.08 bits per heavy atom. The largest absolute Gasteiger partial charge is 0.313 e. The van der Waals surface area contributed by atoms with Gasteiger partial charge in [0.1, 0.15) is 0 Å². The number of nitrogens with one attached hydrogen (secondary N) is 1. The number of aromatic nitrogens is 1. The molecule has 0 amide bonds. The summed E-state index contributed by atoms with van der Waals surface area (Å²) in [6, 6.07) is 6.01. The molecule has 0 spiro atoms. The zero-order valence-corrected chi connectivity index (χ0v) is 7.66. The monoisotopic (exact) mass is 174 g/mol. The minimum Gasteiger partial charge on any atom is -0.313 e. The Balaban J connectivity index is 2.10. The standard InChI is InChI=1S/C11H14N2/c1-2-7-13-11(5-1)8-10-4-3-6-12-9-10/h1-2,5,7-8,12H,3-4,6,9H2/b10-8+. The van der Waals surface area contributed by atoms with Gasteiger partial charge in [-0.25, -0.2) is 0 Å². The molecule has 1 N–H and O–H groups in total. The van der Waals surface area contributed by atoms with Gasteiger partial charge in [0.25, 0.3) is 0 Å². The van der Waals surface area contributed by atoms with E-state index in [1.165, 1.54) is 18.4 Å². The maximum absolute atomic E-state index is 4.27. The molecule has 0 bridgehead atoms. The maximum atomic E-state index is 4.27. The van der Waals surface area contributed by atoms with Crippen LogP contribution in [0.25, 0.3) is 6.08 Å². The molecule has 1 aliphatic rings. The van der Waals surface area contributed by atoms with E-state index in [9.17, 15) is 0 Å². The van der Waals surface area contributed by atoms with Gasteiger partial charge < -0.3 is 5.32 Å². The minimum absolute atomic E-state index is 1.02. The van der Waals surface area contributed by atoms with Gasteiger partial charge in [0.15, 0.2) is 0 Å². The highest BCUT2D eigenvalue weighted by Crippen LogP contribution is 2.11. The van der Waals surface area contributed by atoms with E-state index in [1.807, 2.05) is 24.4 Å². The summed E-state index contributed by atoms with van der Waals surface area (Å²) in [4.78, 5) is 4.27. The molecule has 0 unspecified atom stereocenters. The first-order valence-electron chi connectivity index (χ1n) is 4.76. The first-order valence-corrected chi connectivity index (χ1v) is 4.76. The van der Waals surface area contributed by atoms with Crippen molar-refractivity contribution in [2.24, 2.45) is 0 Å². The van der Waals surface area contributed by atoms with E-state index in [2.05, 4.69) is 16.4 Å². The van der Waals surface area contributed by atoms with Gasteiger partial charge in [-0.15, -0.1) is 0 Å². The first kappa shape index (κ1) is 8.45. The molecule has 0 saturated carbocycles. The molecule has 2 heteroatoms. The lowest BCUT2D eigenvalue weighted by molar-refractivity contribution is 0.613. The summed E-state index contributed by atoms with van der Waals surface area (Å²) in [5.74, 6) is 0. The molecular weight excluding hydrogens is 160 g/mol. The second-order valence-corrected chi connectivity index (χ2v) is 3.34. The quantitative estimate of drug-likeness (QED) is 0.702. The fourth-order valence-corrected chi connectivity index (χ4v) is 1.57. The average Bonchev–Trinajstić information content (AvgIpc) is 2.21. The van der Waals surface area contributed by atoms with Crippen LogP contribution in [0.1, 0.15) is 18.5 Å². The van der Waals surface area contributed by atoms with E-state index in [4.69, 9.17) is 0 Å². The third-order valence-electron chi connectivity index (χ3n) is 2.24. The van der Waals surface area contributed by atoms with Gasteiger partial charge in [0.05, 0.1) is 5.69 Å². The second-order valence-electron chi connectivity index (χ2n) is 3.34. The Labute approximate surface area is 78.7 Å². The third kappa shape index (κ3) is 2.39. The zero-order valence-electron chi connectivity index (χ0n) is 7.66. The Hall–Kier alpha value is -1.15. The zero-order chi connectivity index (χ0) is 8.93. The molecule has 1 saturated heterocycles. The number of hydrogen-bond acceptors (Lipinski definition) is 2. The Morgan fingerprint density at radius 2 is 2.38 bits per heavy atom. The predicted molar refractivity (Wildman–Crippen MR) is 54.3 cm³/mol. The SMILES string of the molecule is C(=C1/CCCNC1)/c1ccccn1. The van der Waals surface area contributed by atoms with Crippen LogP contribution >= 0.6 is 0 Å². The highest BCUT2D eigenvalue weighted by atomic mass is 14.9. The fraction of sp³-hybridized carbons (Fsp3) is 0.364. The molecule has 1 aromatic heterocycles. The molecule has 13 heavy (non-hydrogen) atoms. The molecule has 68 valence electrons. The second kappa shape index (κ2) is 4.19. The van der Waals surface area contributed by atoms with Crippen molar-refractivity contribution in [3.05, 3.63) is 35.7 Å². The van der Waals surface area contributed by atoms with E-state index < -0.39 is 0 Å². The summed E-state index contributed by atoms with van der Waals surface area (Å²) in [5.41, 5.74) is 2.53. The van der Waals surface area contributed by atoms with Crippen molar-refractivity contribution in [1.29, 1.82) is 0 Å². The van der Waals surface area contributed by atoms with Gasteiger partial charge in [-0.05, 0) is 37.6 Å². The number of nitrogens with zero attached hydrogens (tertiary/aromatic N) is 1. The molecule has 2 heterocycles. The Kier molecular flexibility index (Phi) is 2.72. The lowest BCUT2D eigenvalue weighted by Gasteiger charge is -2.14. The molecule has 0 aliphatic carbocycles. The molecule has 2 rings (SSSR count). The Morgan fingerprint density at radius 1 is 1.38 bits per heavy atom. The third-order valence-corrected chi connectivity index (χ3v) is 2.24. The summed E-state index contributed by atoms with van der Waals surface area (Å²) >= 11 is 0. The number of piperidine rings is 1. The van der Waals surface area contributed by atoms with Gasteiger partial charge in [-0.1, -0.05) is 11.6 Å².